The summed E-state index contributed by atoms with van der Waals surface area (Å²) in [7, 11) is 1.58. The largest absolute Gasteiger partial charge is 0.496 e. The Labute approximate surface area is 122 Å². The van der Waals surface area contributed by atoms with Gasteiger partial charge in [-0.15, -0.1) is 0 Å². The highest BCUT2D eigenvalue weighted by molar-refractivity contribution is 5.86. The minimum absolute atomic E-state index is 0.0233. The van der Waals surface area contributed by atoms with E-state index in [1.165, 1.54) is 0 Å². The molecule has 1 saturated heterocycles. The number of hydrogen-bond acceptors (Lipinski definition) is 5. The maximum atomic E-state index is 12.4. The van der Waals surface area contributed by atoms with Crippen LogP contribution in [0.15, 0.2) is 29.4 Å². The number of methoxy groups -OCH3 is 1. The van der Waals surface area contributed by atoms with Gasteiger partial charge in [-0.1, -0.05) is 23.4 Å². The second-order valence-corrected chi connectivity index (χ2v) is 4.71. The molecule has 0 radical (unpaired) electrons. The zero-order valence-corrected chi connectivity index (χ0v) is 11.9. The number of benzene rings is 1. The molecule has 1 fully saturated rings. The summed E-state index contributed by atoms with van der Waals surface area (Å²) in [4.78, 5) is 14.0. The fraction of sp³-hybridized carbons (Fsp3) is 0.429. The molecule has 1 aliphatic rings. The van der Waals surface area contributed by atoms with E-state index in [9.17, 15) is 4.79 Å². The molecule has 3 N–H and O–H groups in total. The molecule has 1 aromatic rings. The van der Waals surface area contributed by atoms with E-state index < -0.39 is 6.10 Å². The highest BCUT2D eigenvalue weighted by Crippen LogP contribution is 2.19. The molecule has 1 atom stereocenters. The van der Waals surface area contributed by atoms with Gasteiger partial charge in [0.05, 0.1) is 26.7 Å². The van der Waals surface area contributed by atoms with Crippen molar-refractivity contribution in [3.63, 3.8) is 0 Å². The van der Waals surface area contributed by atoms with Gasteiger partial charge in [0.15, 0.2) is 5.84 Å². The van der Waals surface area contributed by atoms with Crippen molar-refractivity contribution in [3.05, 3.63) is 29.8 Å². The van der Waals surface area contributed by atoms with Gasteiger partial charge in [0.2, 0.25) is 5.91 Å². The van der Waals surface area contributed by atoms with Crippen molar-refractivity contribution in [1.82, 2.24) is 4.90 Å². The second kappa shape index (κ2) is 6.94. The number of amidine groups is 1. The fourth-order valence-electron chi connectivity index (χ4n) is 2.24. The van der Waals surface area contributed by atoms with Crippen molar-refractivity contribution in [3.8, 4) is 5.75 Å². The summed E-state index contributed by atoms with van der Waals surface area (Å²) in [6, 6.07) is 7.40. The summed E-state index contributed by atoms with van der Waals surface area (Å²) >= 11 is 0. The molecule has 7 heteroatoms. The molecule has 21 heavy (non-hydrogen) atoms. The van der Waals surface area contributed by atoms with Gasteiger partial charge in [0.1, 0.15) is 11.9 Å². The van der Waals surface area contributed by atoms with Crippen molar-refractivity contribution < 1.29 is 19.5 Å². The summed E-state index contributed by atoms with van der Waals surface area (Å²) in [6.07, 6.45) is -0.322. The molecule has 0 saturated carbocycles. The molecule has 7 nitrogen and oxygen atoms in total. The summed E-state index contributed by atoms with van der Waals surface area (Å²) in [6.45, 7) is 1.13. The van der Waals surface area contributed by atoms with Gasteiger partial charge in [0.25, 0.3) is 0 Å². The first kappa shape index (κ1) is 15.1. The monoisotopic (exact) mass is 293 g/mol. The van der Waals surface area contributed by atoms with Crippen molar-refractivity contribution >= 4 is 11.7 Å². The zero-order valence-electron chi connectivity index (χ0n) is 11.9. The molecule has 2 rings (SSSR count). The third kappa shape index (κ3) is 3.63. The van der Waals surface area contributed by atoms with Crippen LogP contribution in [0.2, 0.25) is 0 Å². The normalized spacial score (nSPS) is 19.4. The number of oxime groups is 1. The third-order valence-electron chi connectivity index (χ3n) is 3.40. The average Bonchev–Trinajstić information content (AvgIpc) is 2.54. The van der Waals surface area contributed by atoms with Crippen molar-refractivity contribution in [2.24, 2.45) is 10.9 Å². The van der Waals surface area contributed by atoms with E-state index in [0.717, 1.165) is 5.56 Å². The molecular weight excluding hydrogens is 274 g/mol. The van der Waals surface area contributed by atoms with Crippen molar-refractivity contribution in [2.45, 2.75) is 12.5 Å². The Morgan fingerprint density at radius 3 is 3.05 bits per heavy atom. The first-order valence-electron chi connectivity index (χ1n) is 6.64. The Morgan fingerprint density at radius 2 is 2.33 bits per heavy atom. The fourth-order valence-corrected chi connectivity index (χ4v) is 2.24. The minimum Gasteiger partial charge on any atom is -0.496 e. The molecule has 0 bridgehead atoms. The van der Waals surface area contributed by atoms with Crippen LogP contribution in [0.5, 0.6) is 5.75 Å². The van der Waals surface area contributed by atoms with E-state index in [4.69, 9.17) is 20.4 Å². The van der Waals surface area contributed by atoms with Gasteiger partial charge < -0.3 is 25.3 Å². The van der Waals surface area contributed by atoms with Gasteiger partial charge in [-0.2, -0.15) is 0 Å². The molecule has 0 spiro atoms. The number of amides is 1. The van der Waals surface area contributed by atoms with Gasteiger partial charge in [0, 0.05) is 12.1 Å². The number of hydrogen-bond donors (Lipinski definition) is 2. The average molecular weight is 293 g/mol. The van der Waals surface area contributed by atoms with E-state index in [1.807, 2.05) is 24.3 Å². The maximum absolute atomic E-state index is 12.4. The van der Waals surface area contributed by atoms with Crippen LogP contribution in [-0.2, 0) is 16.0 Å². The number of morpholine rings is 1. The molecule has 114 valence electrons. The third-order valence-corrected chi connectivity index (χ3v) is 3.40. The molecular formula is C14H19N3O4. The number of rotatable bonds is 4. The topological polar surface area (TPSA) is 97.4 Å². The van der Waals surface area contributed by atoms with E-state index in [-0.39, 0.29) is 24.7 Å². The Morgan fingerprint density at radius 1 is 1.57 bits per heavy atom. The lowest BCUT2D eigenvalue weighted by Crippen LogP contribution is -2.50. The molecule has 1 unspecified atom stereocenters. The van der Waals surface area contributed by atoms with Gasteiger partial charge >= 0.3 is 0 Å². The van der Waals surface area contributed by atoms with Crippen LogP contribution in [0.3, 0.4) is 0 Å². The van der Waals surface area contributed by atoms with E-state index in [0.29, 0.717) is 18.9 Å². The smallest absolute Gasteiger partial charge is 0.227 e. The quantitative estimate of drug-likeness (QED) is 0.358. The summed E-state index contributed by atoms with van der Waals surface area (Å²) in [5.41, 5.74) is 6.36. The van der Waals surface area contributed by atoms with Gasteiger partial charge in [-0.05, 0) is 6.07 Å². The van der Waals surface area contributed by atoms with Crippen LogP contribution < -0.4 is 10.5 Å². The molecule has 1 aromatic carbocycles. The predicted molar refractivity (Wildman–Crippen MR) is 76.4 cm³/mol. The van der Waals surface area contributed by atoms with Gasteiger partial charge in [-0.3, -0.25) is 4.79 Å². The Hall–Kier alpha value is -2.28. The van der Waals surface area contributed by atoms with Crippen LogP contribution in [-0.4, -0.2) is 54.8 Å². The maximum Gasteiger partial charge on any atom is 0.227 e. The van der Waals surface area contributed by atoms with Crippen LogP contribution in [0, 0.1) is 0 Å². The highest BCUT2D eigenvalue weighted by atomic mass is 16.5. The lowest BCUT2D eigenvalue weighted by Gasteiger charge is -2.32. The first-order chi connectivity index (χ1) is 10.2. The van der Waals surface area contributed by atoms with Crippen LogP contribution >= 0.6 is 0 Å². The Balaban J connectivity index is 2.03. The Bertz CT molecular complexity index is 533. The number of carbonyl (C=O) groups is 1. The predicted octanol–water partition coefficient (Wildman–Crippen LogP) is 0.211. The summed E-state index contributed by atoms with van der Waals surface area (Å²) in [5.74, 6) is 0.621. The van der Waals surface area contributed by atoms with Crippen LogP contribution in [0.25, 0.3) is 0 Å². The lowest BCUT2D eigenvalue weighted by atomic mass is 10.1. The first-order valence-corrected chi connectivity index (χ1v) is 6.64. The minimum atomic E-state index is -0.564. The standard InChI is InChI=1S/C14H19N3O4/c1-20-11-5-3-2-4-10(11)8-13(18)17-6-7-21-12(9-17)14(15)16-19/h2-5,12,19H,6-9H2,1H3,(H2,15,16). The van der Waals surface area contributed by atoms with Crippen LogP contribution in [0.4, 0.5) is 0 Å². The number of nitrogens with zero attached hydrogens (tertiary/aromatic N) is 2. The molecule has 0 aliphatic carbocycles. The summed E-state index contributed by atoms with van der Waals surface area (Å²) < 4.78 is 10.6. The van der Waals surface area contributed by atoms with E-state index >= 15 is 0 Å². The highest BCUT2D eigenvalue weighted by Gasteiger charge is 2.27. The SMILES string of the molecule is COc1ccccc1CC(=O)N1CCOC(C(N)=NO)C1. The van der Waals surface area contributed by atoms with Crippen molar-refractivity contribution in [2.75, 3.05) is 26.8 Å². The van der Waals surface area contributed by atoms with Crippen molar-refractivity contribution in [1.29, 1.82) is 0 Å². The molecule has 1 amide bonds. The number of carbonyl (C=O) groups excluding carboxylic acids is 1. The van der Waals surface area contributed by atoms with Gasteiger partial charge in [-0.25, -0.2) is 0 Å². The Kier molecular flexibility index (Phi) is 4.99. The molecule has 0 aromatic heterocycles. The molecule has 1 aliphatic heterocycles. The zero-order chi connectivity index (χ0) is 15.2. The summed E-state index contributed by atoms with van der Waals surface area (Å²) in [5, 5.41) is 11.6. The number of ether oxygens (including phenoxy) is 2. The van der Waals surface area contributed by atoms with E-state index in [1.54, 1.807) is 12.0 Å². The number of para-hydroxylation sites is 1. The lowest BCUT2D eigenvalue weighted by molar-refractivity contribution is -0.136. The second-order valence-electron chi connectivity index (χ2n) is 4.71. The number of nitrogens with two attached hydrogens (primary N) is 1. The molecule has 1 heterocycles. The van der Waals surface area contributed by atoms with Crippen LogP contribution in [0.1, 0.15) is 5.56 Å². The van der Waals surface area contributed by atoms with E-state index in [2.05, 4.69) is 5.16 Å².